The Hall–Kier alpha value is -0.570. The number of halogens is 1. The van der Waals surface area contributed by atoms with Crippen molar-refractivity contribution in [3.8, 4) is 0 Å². The van der Waals surface area contributed by atoms with E-state index in [9.17, 15) is 0 Å². The molecule has 1 aromatic carbocycles. The number of benzene rings is 1. The van der Waals surface area contributed by atoms with E-state index < -0.39 is 0 Å². The minimum Gasteiger partial charge on any atom is -0.313 e. The molecule has 0 aliphatic carbocycles. The summed E-state index contributed by atoms with van der Waals surface area (Å²) in [6, 6.07) is 8.08. The van der Waals surface area contributed by atoms with Crippen LogP contribution in [0.2, 0.25) is 5.02 Å². The summed E-state index contributed by atoms with van der Waals surface area (Å²) in [5.74, 6) is 0. The number of hydrogen-bond donors (Lipinski definition) is 1. The zero-order valence-corrected chi connectivity index (χ0v) is 13.0. The Morgan fingerprint density at radius 3 is 2.50 bits per heavy atom. The quantitative estimate of drug-likeness (QED) is 0.731. The third-order valence-corrected chi connectivity index (χ3v) is 4.12. The van der Waals surface area contributed by atoms with E-state index in [1.54, 1.807) is 0 Å². The summed E-state index contributed by atoms with van der Waals surface area (Å²) in [5.41, 5.74) is 1.30. The topological polar surface area (TPSA) is 15.3 Å². The number of piperidine rings is 1. The fourth-order valence-electron chi connectivity index (χ4n) is 2.62. The van der Waals surface area contributed by atoms with E-state index in [4.69, 9.17) is 11.6 Å². The van der Waals surface area contributed by atoms with Gasteiger partial charge in [0.25, 0.3) is 0 Å². The molecule has 1 saturated heterocycles. The summed E-state index contributed by atoms with van der Waals surface area (Å²) in [5, 5.41) is 4.31. The number of likely N-dealkylation sites (tertiary alicyclic amines) is 1. The van der Waals surface area contributed by atoms with E-state index >= 15 is 0 Å². The van der Waals surface area contributed by atoms with Gasteiger partial charge >= 0.3 is 0 Å². The average Bonchev–Trinajstić information content (AvgIpc) is 2.49. The molecule has 1 aliphatic rings. The lowest BCUT2D eigenvalue weighted by atomic mass is 10.1. The van der Waals surface area contributed by atoms with Crippen LogP contribution in [0.1, 0.15) is 37.7 Å². The molecular formula is C17H26ClN2. The Labute approximate surface area is 128 Å². The van der Waals surface area contributed by atoms with Crippen molar-refractivity contribution in [1.29, 1.82) is 0 Å². The van der Waals surface area contributed by atoms with E-state index in [2.05, 4.69) is 28.8 Å². The van der Waals surface area contributed by atoms with Gasteiger partial charge < -0.3 is 10.2 Å². The van der Waals surface area contributed by atoms with Crippen molar-refractivity contribution >= 4 is 11.6 Å². The lowest BCUT2D eigenvalue weighted by Gasteiger charge is -2.26. The summed E-state index contributed by atoms with van der Waals surface area (Å²) in [6.45, 7) is 5.88. The fraction of sp³-hybridized carbons (Fsp3) is 0.588. The van der Waals surface area contributed by atoms with Crippen molar-refractivity contribution in [1.82, 2.24) is 10.2 Å². The van der Waals surface area contributed by atoms with E-state index in [-0.39, 0.29) is 0 Å². The molecule has 0 saturated carbocycles. The van der Waals surface area contributed by atoms with Crippen LogP contribution in [0.15, 0.2) is 24.3 Å². The van der Waals surface area contributed by atoms with Crippen LogP contribution >= 0.6 is 11.6 Å². The van der Waals surface area contributed by atoms with Crippen LogP contribution < -0.4 is 5.32 Å². The second kappa shape index (κ2) is 9.38. The molecule has 1 aromatic rings. The van der Waals surface area contributed by atoms with Crippen molar-refractivity contribution in [2.75, 3.05) is 26.2 Å². The highest BCUT2D eigenvalue weighted by atomic mass is 35.5. The fourth-order valence-corrected chi connectivity index (χ4v) is 2.75. The maximum atomic E-state index is 5.87. The van der Waals surface area contributed by atoms with Crippen LogP contribution in [0, 0.1) is 6.42 Å². The molecule has 1 heterocycles. The first-order valence-electron chi connectivity index (χ1n) is 7.84. The van der Waals surface area contributed by atoms with Gasteiger partial charge in [-0.3, -0.25) is 0 Å². The Bertz CT molecular complexity index is 358. The molecule has 20 heavy (non-hydrogen) atoms. The third-order valence-electron chi connectivity index (χ3n) is 3.87. The normalized spacial score (nSPS) is 16.4. The molecule has 0 unspecified atom stereocenters. The highest BCUT2D eigenvalue weighted by Crippen LogP contribution is 2.10. The summed E-state index contributed by atoms with van der Waals surface area (Å²) in [4.78, 5) is 2.60. The molecule has 1 aliphatic heterocycles. The summed E-state index contributed by atoms with van der Waals surface area (Å²) < 4.78 is 0. The smallest absolute Gasteiger partial charge is 0.0406 e. The zero-order valence-electron chi connectivity index (χ0n) is 12.3. The van der Waals surface area contributed by atoms with Crippen LogP contribution in [0.4, 0.5) is 0 Å². The van der Waals surface area contributed by atoms with Crippen molar-refractivity contribution in [3.05, 3.63) is 41.3 Å². The molecule has 2 nitrogen and oxygen atoms in total. The molecule has 1 fully saturated rings. The molecule has 0 spiro atoms. The largest absolute Gasteiger partial charge is 0.313 e. The summed E-state index contributed by atoms with van der Waals surface area (Å²) >= 11 is 5.87. The van der Waals surface area contributed by atoms with Crippen LogP contribution in [-0.2, 0) is 6.54 Å². The van der Waals surface area contributed by atoms with Gasteiger partial charge in [0.1, 0.15) is 0 Å². The Kier molecular flexibility index (Phi) is 7.42. The predicted octanol–water partition coefficient (Wildman–Crippen LogP) is 3.90. The van der Waals surface area contributed by atoms with Gasteiger partial charge in [0.15, 0.2) is 0 Å². The van der Waals surface area contributed by atoms with Gasteiger partial charge in [-0.1, -0.05) is 30.2 Å². The lowest BCUT2D eigenvalue weighted by Crippen LogP contribution is -2.30. The molecule has 0 bridgehead atoms. The van der Waals surface area contributed by atoms with E-state index in [0.29, 0.717) is 0 Å². The second-order valence-electron chi connectivity index (χ2n) is 5.57. The van der Waals surface area contributed by atoms with Crippen molar-refractivity contribution < 1.29 is 0 Å². The zero-order chi connectivity index (χ0) is 14.0. The summed E-state index contributed by atoms with van der Waals surface area (Å²) in [7, 11) is 0. The molecule has 0 amide bonds. The first kappa shape index (κ1) is 15.8. The number of nitrogens with one attached hydrogen (secondary N) is 1. The standard InChI is InChI=1S/C17H26ClN2/c18-17-9-7-16(8-10-17)15-19-11-3-1-4-12-20-13-5-2-6-14-20/h2,7-10,19H,1,3-6,11-15H2. The monoisotopic (exact) mass is 293 g/mol. The van der Waals surface area contributed by atoms with Crippen LogP contribution in [0.5, 0.6) is 0 Å². The van der Waals surface area contributed by atoms with Gasteiger partial charge in [0.2, 0.25) is 0 Å². The average molecular weight is 294 g/mol. The van der Waals surface area contributed by atoms with Crippen molar-refractivity contribution in [2.45, 2.75) is 38.6 Å². The molecule has 3 heteroatoms. The molecular weight excluding hydrogens is 268 g/mol. The first-order chi connectivity index (χ1) is 9.84. The van der Waals surface area contributed by atoms with Gasteiger partial charge in [-0.15, -0.1) is 0 Å². The molecule has 1 radical (unpaired) electrons. The van der Waals surface area contributed by atoms with Crippen molar-refractivity contribution in [2.24, 2.45) is 0 Å². The van der Waals surface area contributed by atoms with E-state index in [1.165, 1.54) is 57.3 Å². The highest BCUT2D eigenvalue weighted by Gasteiger charge is 2.08. The second-order valence-corrected chi connectivity index (χ2v) is 6.01. The van der Waals surface area contributed by atoms with Gasteiger partial charge in [0.05, 0.1) is 0 Å². The van der Waals surface area contributed by atoms with E-state index in [0.717, 1.165) is 18.1 Å². The maximum Gasteiger partial charge on any atom is 0.0406 e. The maximum absolute atomic E-state index is 5.87. The molecule has 111 valence electrons. The number of unbranched alkanes of at least 4 members (excludes halogenated alkanes) is 2. The Balaban J connectivity index is 1.44. The van der Waals surface area contributed by atoms with Crippen LogP contribution in [-0.4, -0.2) is 31.1 Å². The Morgan fingerprint density at radius 2 is 1.75 bits per heavy atom. The molecule has 0 atom stereocenters. The third kappa shape index (κ3) is 6.25. The SMILES string of the molecule is Clc1ccc(CNCCCCCN2CC[CH]CC2)cc1. The lowest BCUT2D eigenvalue weighted by molar-refractivity contribution is 0.248. The summed E-state index contributed by atoms with van der Waals surface area (Å²) in [6.07, 6.45) is 8.91. The number of nitrogens with zero attached hydrogens (tertiary/aromatic N) is 1. The van der Waals surface area contributed by atoms with Gasteiger partial charge in [-0.2, -0.15) is 0 Å². The van der Waals surface area contributed by atoms with Gasteiger partial charge in [0, 0.05) is 11.6 Å². The van der Waals surface area contributed by atoms with Crippen molar-refractivity contribution in [3.63, 3.8) is 0 Å². The number of hydrogen-bond acceptors (Lipinski definition) is 2. The minimum absolute atomic E-state index is 0.809. The van der Waals surface area contributed by atoms with Crippen LogP contribution in [0.25, 0.3) is 0 Å². The first-order valence-corrected chi connectivity index (χ1v) is 8.21. The molecule has 1 N–H and O–H groups in total. The highest BCUT2D eigenvalue weighted by molar-refractivity contribution is 6.30. The number of rotatable bonds is 8. The van der Waals surface area contributed by atoms with E-state index in [1.807, 2.05) is 12.1 Å². The predicted molar refractivity (Wildman–Crippen MR) is 87.0 cm³/mol. The minimum atomic E-state index is 0.809. The van der Waals surface area contributed by atoms with Gasteiger partial charge in [-0.05, 0) is 76.0 Å². The Morgan fingerprint density at radius 1 is 1.00 bits per heavy atom. The molecule has 0 aromatic heterocycles. The van der Waals surface area contributed by atoms with Crippen LogP contribution in [0.3, 0.4) is 0 Å². The molecule has 2 rings (SSSR count). The van der Waals surface area contributed by atoms with Gasteiger partial charge in [-0.25, -0.2) is 0 Å².